The summed E-state index contributed by atoms with van der Waals surface area (Å²) in [6.45, 7) is 4.30. The van der Waals surface area contributed by atoms with Gasteiger partial charge in [-0.1, -0.05) is 30.6 Å². The lowest BCUT2D eigenvalue weighted by Crippen LogP contribution is -2.12. The van der Waals surface area contributed by atoms with Crippen LogP contribution in [0.4, 0.5) is 19.0 Å². The highest BCUT2D eigenvalue weighted by Gasteiger charge is 2.36. The molecule has 0 amide bonds. The average molecular weight is 425 g/mol. The number of hydrogen-bond acceptors (Lipinski definition) is 5. The molecule has 0 radical (unpaired) electrons. The number of nitrogen functional groups attached to an aromatic ring is 1. The lowest BCUT2D eigenvalue weighted by molar-refractivity contribution is -0.142. The predicted molar refractivity (Wildman–Crippen MR) is 103 cm³/mol. The molecule has 29 heavy (non-hydrogen) atoms. The van der Waals surface area contributed by atoms with Crippen LogP contribution < -0.4 is 10.5 Å². The number of anilines is 1. The fourth-order valence-electron chi connectivity index (χ4n) is 3.04. The molecule has 3 aromatic heterocycles. The van der Waals surface area contributed by atoms with Crippen LogP contribution in [-0.2, 0) is 6.18 Å². The van der Waals surface area contributed by atoms with Crippen LogP contribution >= 0.6 is 11.6 Å². The Morgan fingerprint density at radius 2 is 2.00 bits per heavy atom. The molecule has 1 aromatic carbocycles. The molecule has 3 heterocycles. The van der Waals surface area contributed by atoms with E-state index in [0.29, 0.717) is 17.4 Å². The summed E-state index contributed by atoms with van der Waals surface area (Å²) in [7, 11) is 0. The van der Waals surface area contributed by atoms with Gasteiger partial charge in [-0.25, -0.2) is 4.98 Å². The third kappa shape index (κ3) is 3.46. The summed E-state index contributed by atoms with van der Waals surface area (Å²) in [4.78, 5) is 4.10. The van der Waals surface area contributed by atoms with Crippen molar-refractivity contribution in [1.29, 1.82) is 0 Å². The van der Waals surface area contributed by atoms with E-state index in [1.807, 2.05) is 13.8 Å². The molecule has 10 heteroatoms. The number of benzene rings is 1. The van der Waals surface area contributed by atoms with E-state index in [-0.39, 0.29) is 39.4 Å². The van der Waals surface area contributed by atoms with Gasteiger partial charge in [0.25, 0.3) is 0 Å². The van der Waals surface area contributed by atoms with Gasteiger partial charge >= 0.3 is 6.18 Å². The third-order valence-electron chi connectivity index (χ3n) is 4.32. The first-order valence-corrected chi connectivity index (χ1v) is 9.09. The summed E-state index contributed by atoms with van der Waals surface area (Å²) in [6.07, 6.45) is -3.32. The third-order valence-corrected chi connectivity index (χ3v) is 4.59. The first kappa shape index (κ1) is 19.4. The number of nitrogens with zero attached hydrogens (tertiary/aromatic N) is 3. The van der Waals surface area contributed by atoms with Gasteiger partial charge in [0.2, 0.25) is 5.88 Å². The second kappa shape index (κ2) is 6.84. The first-order valence-electron chi connectivity index (χ1n) is 8.71. The molecule has 6 nitrogen and oxygen atoms in total. The molecule has 0 bridgehead atoms. The lowest BCUT2D eigenvalue weighted by atomic mass is 10.2. The number of alkyl halides is 3. The van der Waals surface area contributed by atoms with Crippen LogP contribution in [0, 0.1) is 5.92 Å². The number of ether oxygens (including phenoxy) is 1. The fraction of sp³-hybridized carbons (Fsp3) is 0.263. The van der Waals surface area contributed by atoms with Gasteiger partial charge in [0, 0.05) is 11.5 Å². The highest BCUT2D eigenvalue weighted by atomic mass is 35.5. The Morgan fingerprint density at radius 3 is 2.66 bits per heavy atom. The van der Waals surface area contributed by atoms with Crippen molar-refractivity contribution in [2.45, 2.75) is 20.0 Å². The van der Waals surface area contributed by atoms with Crippen molar-refractivity contribution in [2.24, 2.45) is 5.92 Å². The summed E-state index contributed by atoms with van der Waals surface area (Å²) in [5, 5.41) is 4.54. The summed E-state index contributed by atoms with van der Waals surface area (Å²) in [6, 6.07) is 5.40. The van der Waals surface area contributed by atoms with Gasteiger partial charge in [-0.2, -0.15) is 13.2 Å². The Bertz CT molecular complexity index is 1210. The Hall–Kier alpha value is -2.94. The molecule has 4 rings (SSSR count). The van der Waals surface area contributed by atoms with Gasteiger partial charge < -0.3 is 19.6 Å². The Balaban J connectivity index is 1.91. The molecular weight excluding hydrogens is 409 g/mol. The van der Waals surface area contributed by atoms with Crippen LogP contribution in [0.3, 0.4) is 0 Å². The van der Waals surface area contributed by atoms with Crippen LogP contribution in [0.5, 0.6) is 5.88 Å². The van der Waals surface area contributed by atoms with Crippen molar-refractivity contribution in [3.8, 4) is 11.6 Å². The summed E-state index contributed by atoms with van der Waals surface area (Å²) < 4.78 is 52.9. The van der Waals surface area contributed by atoms with Crippen molar-refractivity contribution < 1.29 is 22.4 Å². The molecule has 2 N–H and O–H groups in total. The molecule has 0 unspecified atom stereocenters. The zero-order chi connectivity index (χ0) is 20.9. The normalized spacial score (nSPS) is 12.4. The number of pyridine rings is 1. The van der Waals surface area contributed by atoms with Gasteiger partial charge in [-0.3, -0.25) is 0 Å². The van der Waals surface area contributed by atoms with E-state index < -0.39 is 11.9 Å². The largest absolute Gasteiger partial charge is 0.476 e. The number of nitrogens with two attached hydrogens (primary N) is 1. The van der Waals surface area contributed by atoms with Crippen molar-refractivity contribution in [3.05, 3.63) is 41.2 Å². The minimum atomic E-state index is -4.61. The van der Waals surface area contributed by atoms with E-state index in [1.54, 1.807) is 0 Å². The molecule has 0 spiro atoms. The van der Waals surface area contributed by atoms with Crippen molar-refractivity contribution in [2.75, 3.05) is 12.3 Å². The average Bonchev–Trinajstić information content (AvgIpc) is 3.19. The Kier molecular flexibility index (Phi) is 4.57. The van der Waals surface area contributed by atoms with E-state index in [0.717, 1.165) is 10.6 Å². The van der Waals surface area contributed by atoms with Gasteiger partial charge in [-0.05, 0) is 24.1 Å². The van der Waals surface area contributed by atoms with Gasteiger partial charge in [0.1, 0.15) is 10.7 Å². The predicted octanol–water partition coefficient (Wildman–Crippen LogP) is 5.46. The summed E-state index contributed by atoms with van der Waals surface area (Å²) in [5.74, 6) is 0.522. The van der Waals surface area contributed by atoms with Crippen LogP contribution in [0.25, 0.3) is 27.6 Å². The van der Waals surface area contributed by atoms with E-state index in [9.17, 15) is 13.2 Å². The zero-order valence-electron chi connectivity index (χ0n) is 15.4. The molecule has 4 aromatic rings. The van der Waals surface area contributed by atoms with Gasteiger partial charge in [-0.15, -0.1) is 0 Å². The van der Waals surface area contributed by atoms with E-state index >= 15 is 0 Å². The highest BCUT2D eigenvalue weighted by Crippen LogP contribution is 2.39. The molecule has 0 aliphatic carbocycles. The number of halogens is 4. The molecule has 0 aliphatic rings. The van der Waals surface area contributed by atoms with Crippen molar-refractivity contribution >= 4 is 39.3 Å². The standard InChI is InChI=1S/C19H16ClF3N4O2/c1-9(2)8-28-18-13(20)5-11(7-25-18)27-14-6-15-12(17(24)26-29-15)3-10(14)4-16(27)19(21,22)23/h3-7,9H,8H2,1-2H3,(H2,24,26). The second-order valence-electron chi connectivity index (χ2n) is 7.02. The van der Waals surface area contributed by atoms with Gasteiger partial charge in [0.15, 0.2) is 11.4 Å². The molecule has 0 aliphatic heterocycles. The number of rotatable bonds is 4. The van der Waals surface area contributed by atoms with E-state index in [1.165, 1.54) is 24.4 Å². The van der Waals surface area contributed by atoms with Crippen molar-refractivity contribution in [1.82, 2.24) is 14.7 Å². The Labute approximate surface area is 168 Å². The molecule has 0 saturated carbocycles. The SMILES string of the molecule is CC(C)COc1ncc(-n2c(C(F)(F)F)cc3cc4c(N)noc4cc32)cc1Cl. The number of fused-ring (bicyclic) bond motifs is 2. The van der Waals surface area contributed by atoms with Gasteiger partial charge in [0.05, 0.1) is 29.4 Å². The molecule has 0 fully saturated rings. The van der Waals surface area contributed by atoms with Crippen LogP contribution in [-0.4, -0.2) is 21.3 Å². The van der Waals surface area contributed by atoms with E-state index in [2.05, 4.69) is 10.1 Å². The topological polar surface area (TPSA) is 79.1 Å². The first-order chi connectivity index (χ1) is 13.6. The van der Waals surface area contributed by atoms with Crippen LogP contribution in [0.1, 0.15) is 19.5 Å². The zero-order valence-corrected chi connectivity index (χ0v) is 16.2. The quantitative estimate of drug-likeness (QED) is 0.471. The molecule has 0 atom stereocenters. The van der Waals surface area contributed by atoms with E-state index in [4.69, 9.17) is 26.6 Å². The number of hydrogen-bond donors (Lipinski definition) is 1. The maximum atomic E-state index is 13.8. The smallest absolute Gasteiger partial charge is 0.431 e. The number of aromatic nitrogens is 3. The fourth-order valence-corrected chi connectivity index (χ4v) is 3.25. The van der Waals surface area contributed by atoms with Crippen molar-refractivity contribution in [3.63, 3.8) is 0 Å². The second-order valence-corrected chi connectivity index (χ2v) is 7.43. The maximum absolute atomic E-state index is 13.8. The van der Waals surface area contributed by atoms with Crippen LogP contribution in [0.2, 0.25) is 5.02 Å². The molecule has 152 valence electrons. The lowest BCUT2D eigenvalue weighted by Gasteiger charge is -2.15. The minimum absolute atomic E-state index is 0.111. The summed E-state index contributed by atoms with van der Waals surface area (Å²) in [5.41, 5.74) is 5.52. The minimum Gasteiger partial charge on any atom is -0.476 e. The summed E-state index contributed by atoms with van der Waals surface area (Å²) >= 11 is 6.22. The maximum Gasteiger partial charge on any atom is 0.431 e. The van der Waals surface area contributed by atoms with Crippen LogP contribution in [0.15, 0.2) is 35.0 Å². The molecular formula is C19H16ClF3N4O2. The molecule has 0 saturated heterocycles. The monoisotopic (exact) mass is 424 g/mol. The Morgan fingerprint density at radius 1 is 1.24 bits per heavy atom. The highest BCUT2D eigenvalue weighted by molar-refractivity contribution is 6.32.